The SMILES string of the molecule is COc1ccc(Cn2nc(N(C)C)c3cc(Br)cnc32)cc1. The average Bonchev–Trinajstić information content (AvgIpc) is 2.86. The molecule has 2 aromatic heterocycles. The molecule has 0 aliphatic rings. The van der Waals surface area contributed by atoms with E-state index < -0.39 is 0 Å². The van der Waals surface area contributed by atoms with Crippen molar-refractivity contribution in [2.75, 3.05) is 26.1 Å². The van der Waals surface area contributed by atoms with Gasteiger partial charge in [0.1, 0.15) is 5.75 Å². The Morgan fingerprint density at radius 3 is 2.59 bits per heavy atom. The zero-order chi connectivity index (χ0) is 15.7. The van der Waals surface area contributed by atoms with E-state index in [0.29, 0.717) is 6.54 Å². The third-order valence-corrected chi connectivity index (χ3v) is 3.88. The summed E-state index contributed by atoms with van der Waals surface area (Å²) in [6.45, 7) is 0.670. The van der Waals surface area contributed by atoms with Gasteiger partial charge in [-0.25, -0.2) is 9.67 Å². The van der Waals surface area contributed by atoms with Crippen LogP contribution in [0.15, 0.2) is 41.0 Å². The van der Waals surface area contributed by atoms with Crippen molar-refractivity contribution < 1.29 is 4.74 Å². The molecular weight excluding hydrogens is 344 g/mol. The second-order valence-corrected chi connectivity index (χ2v) is 6.16. The normalized spacial score (nSPS) is 10.9. The predicted octanol–water partition coefficient (Wildman–Crippen LogP) is 3.32. The minimum Gasteiger partial charge on any atom is -0.497 e. The van der Waals surface area contributed by atoms with Gasteiger partial charge in [-0.2, -0.15) is 5.10 Å². The summed E-state index contributed by atoms with van der Waals surface area (Å²) >= 11 is 3.48. The van der Waals surface area contributed by atoms with Gasteiger partial charge in [-0.1, -0.05) is 12.1 Å². The maximum Gasteiger partial charge on any atom is 0.160 e. The summed E-state index contributed by atoms with van der Waals surface area (Å²) in [5.74, 6) is 1.77. The molecule has 3 aromatic rings. The van der Waals surface area contributed by atoms with E-state index in [1.165, 1.54) is 0 Å². The number of hydrogen-bond donors (Lipinski definition) is 0. The summed E-state index contributed by atoms with van der Waals surface area (Å²) in [5.41, 5.74) is 2.03. The van der Waals surface area contributed by atoms with Crippen LogP contribution < -0.4 is 9.64 Å². The highest BCUT2D eigenvalue weighted by molar-refractivity contribution is 9.10. The molecule has 0 radical (unpaired) electrons. The second-order valence-electron chi connectivity index (χ2n) is 5.25. The Labute approximate surface area is 137 Å². The molecule has 114 valence electrons. The molecular formula is C16H17BrN4O. The molecule has 0 unspecified atom stereocenters. The topological polar surface area (TPSA) is 43.2 Å². The maximum atomic E-state index is 5.19. The largest absolute Gasteiger partial charge is 0.497 e. The number of fused-ring (bicyclic) bond motifs is 1. The molecule has 0 saturated heterocycles. The lowest BCUT2D eigenvalue weighted by Crippen LogP contribution is -2.10. The summed E-state index contributed by atoms with van der Waals surface area (Å²) in [4.78, 5) is 6.52. The van der Waals surface area contributed by atoms with Crippen LogP contribution in [0.1, 0.15) is 5.56 Å². The van der Waals surface area contributed by atoms with Gasteiger partial charge in [-0.3, -0.25) is 0 Å². The fourth-order valence-corrected chi connectivity index (χ4v) is 2.69. The van der Waals surface area contributed by atoms with Crippen LogP contribution in [-0.4, -0.2) is 36.0 Å². The molecule has 0 N–H and O–H groups in total. The van der Waals surface area contributed by atoms with Gasteiger partial charge in [0.05, 0.1) is 19.0 Å². The molecule has 0 amide bonds. The molecule has 0 aliphatic heterocycles. The number of ether oxygens (including phenoxy) is 1. The van der Waals surface area contributed by atoms with Crippen molar-refractivity contribution in [3.8, 4) is 5.75 Å². The van der Waals surface area contributed by atoms with Crippen molar-refractivity contribution >= 4 is 32.8 Å². The molecule has 0 atom stereocenters. The van der Waals surface area contributed by atoms with Crippen molar-refractivity contribution in [3.05, 3.63) is 46.6 Å². The molecule has 0 spiro atoms. The van der Waals surface area contributed by atoms with Crippen LogP contribution in [0.25, 0.3) is 11.0 Å². The zero-order valence-electron chi connectivity index (χ0n) is 12.7. The van der Waals surface area contributed by atoms with Crippen LogP contribution in [-0.2, 0) is 6.54 Å². The van der Waals surface area contributed by atoms with Gasteiger partial charge in [-0.05, 0) is 39.7 Å². The molecule has 0 saturated carbocycles. The first-order valence-electron chi connectivity index (χ1n) is 6.91. The minimum absolute atomic E-state index is 0.670. The predicted molar refractivity (Wildman–Crippen MR) is 91.7 cm³/mol. The molecule has 3 rings (SSSR count). The van der Waals surface area contributed by atoms with Crippen LogP contribution in [0, 0.1) is 0 Å². The van der Waals surface area contributed by atoms with E-state index in [0.717, 1.165) is 32.6 Å². The van der Waals surface area contributed by atoms with E-state index in [1.807, 2.05) is 47.9 Å². The highest BCUT2D eigenvalue weighted by Crippen LogP contribution is 2.26. The van der Waals surface area contributed by atoms with Crippen molar-refractivity contribution in [1.82, 2.24) is 14.8 Å². The highest BCUT2D eigenvalue weighted by atomic mass is 79.9. The Kier molecular flexibility index (Phi) is 4.02. The van der Waals surface area contributed by atoms with E-state index in [4.69, 9.17) is 9.84 Å². The Morgan fingerprint density at radius 1 is 1.23 bits per heavy atom. The van der Waals surface area contributed by atoms with Crippen molar-refractivity contribution in [1.29, 1.82) is 0 Å². The lowest BCUT2D eigenvalue weighted by atomic mass is 10.2. The lowest BCUT2D eigenvalue weighted by Gasteiger charge is -2.08. The van der Waals surface area contributed by atoms with Gasteiger partial charge < -0.3 is 9.64 Å². The van der Waals surface area contributed by atoms with Gasteiger partial charge in [0.15, 0.2) is 11.5 Å². The number of methoxy groups -OCH3 is 1. The first kappa shape index (κ1) is 14.8. The van der Waals surface area contributed by atoms with Crippen LogP contribution in [0.3, 0.4) is 0 Å². The summed E-state index contributed by atoms with van der Waals surface area (Å²) < 4.78 is 8.07. The molecule has 0 fully saturated rings. The van der Waals surface area contributed by atoms with E-state index in [-0.39, 0.29) is 0 Å². The van der Waals surface area contributed by atoms with E-state index >= 15 is 0 Å². The number of hydrogen-bond acceptors (Lipinski definition) is 4. The Balaban J connectivity index is 2.02. The molecule has 0 bridgehead atoms. The third kappa shape index (κ3) is 2.78. The molecule has 2 heterocycles. The first-order valence-corrected chi connectivity index (χ1v) is 7.70. The van der Waals surface area contributed by atoms with Gasteiger partial charge in [-0.15, -0.1) is 0 Å². The Hall–Kier alpha value is -2.08. The number of anilines is 1. The second kappa shape index (κ2) is 5.96. The number of benzene rings is 1. The highest BCUT2D eigenvalue weighted by Gasteiger charge is 2.14. The summed E-state index contributed by atoms with van der Waals surface area (Å²) in [5, 5.41) is 5.73. The van der Waals surface area contributed by atoms with Gasteiger partial charge in [0.2, 0.25) is 0 Å². The van der Waals surface area contributed by atoms with Gasteiger partial charge >= 0.3 is 0 Å². The Bertz CT molecular complexity index is 796. The van der Waals surface area contributed by atoms with Crippen LogP contribution in [0.2, 0.25) is 0 Å². The number of pyridine rings is 1. The van der Waals surface area contributed by atoms with Crippen LogP contribution in [0.5, 0.6) is 5.75 Å². The Morgan fingerprint density at radius 2 is 1.95 bits per heavy atom. The standard InChI is InChI=1S/C16H17BrN4O/c1-20(2)16-14-8-12(17)9-18-15(14)21(19-16)10-11-4-6-13(22-3)7-5-11/h4-9H,10H2,1-3H3. The summed E-state index contributed by atoms with van der Waals surface area (Å²) in [7, 11) is 5.64. The molecule has 5 nitrogen and oxygen atoms in total. The third-order valence-electron chi connectivity index (χ3n) is 3.45. The fourth-order valence-electron chi connectivity index (χ4n) is 2.36. The maximum absolute atomic E-state index is 5.19. The minimum atomic E-state index is 0.670. The molecule has 0 aliphatic carbocycles. The number of rotatable bonds is 4. The van der Waals surface area contributed by atoms with E-state index in [1.54, 1.807) is 13.3 Å². The van der Waals surface area contributed by atoms with Crippen LogP contribution >= 0.6 is 15.9 Å². The number of nitrogens with zero attached hydrogens (tertiary/aromatic N) is 4. The average molecular weight is 361 g/mol. The molecule has 22 heavy (non-hydrogen) atoms. The number of aromatic nitrogens is 3. The van der Waals surface area contributed by atoms with E-state index in [9.17, 15) is 0 Å². The van der Waals surface area contributed by atoms with Crippen molar-refractivity contribution in [2.24, 2.45) is 0 Å². The van der Waals surface area contributed by atoms with Gasteiger partial charge in [0.25, 0.3) is 0 Å². The van der Waals surface area contributed by atoms with Gasteiger partial charge in [0, 0.05) is 24.8 Å². The molecule has 1 aromatic carbocycles. The fraction of sp³-hybridized carbons (Fsp3) is 0.250. The zero-order valence-corrected chi connectivity index (χ0v) is 14.3. The number of halogens is 1. The van der Waals surface area contributed by atoms with E-state index in [2.05, 4.69) is 27.0 Å². The lowest BCUT2D eigenvalue weighted by molar-refractivity contribution is 0.414. The molecule has 6 heteroatoms. The van der Waals surface area contributed by atoms with Crippen molar-refractivity contribution in [3.63, 3.8) is 0 Å². The van der Waals surface area contributed by atoms with Crippen molar-refractivity contribution in [2.45, 2.75) is 6.54 Å². The summed E-state index contributed by atoms with van der Waals surface area (Å²) in [6, 6.07) is 10.0. The van der Waals surface area contributed by atoms with Crippen LogP contribution in [0.4, 0.5) is 5.82 Å². The quantitative estimate of drug-likeness (QED) is 0.715. The first-order chi connectivity index (χ1) is 10.6. The smallest absolute Gasteiger partial charge is 0.160 e. The summed E-state index contributed by atoms with van der Waals surface area (Å²) in [6.07, 6.45) is 1.80. The monoisotopic (exact) mass is 360 g/mol.